The van der Waals surface area contributed by atoms with Gasteiger partial charge in [0.15, 0.2) is 0 Å². The number of para-hydroxylation sites is 2. The summed E-state index contributed by atoms with van der Waals surface area (Å²) < 4.78 is 60.2. The summed E-state index contributed by atoms with van der Waals surface area (Å²) in [6.07, 6.45) is 5.53. The summed E-state index contributed by atoms with van der Waals surface area (Å²) in [5.74, 6) is 2.77. The largest absolute Gasteiger partial charge is 0.471 e. The van der Waals surface area contributed by atoms with Crippen molar-refractivity contribution in [1.82, 2.24) is 0 Å². The van der Waals surface area contributed by atoms with E-state index in [9.17, 15) is 0 Å². The van der Waals surface area contributed by atoms with Gasteiger partial charge in [0.2, 0.25) is 0 Å². The van der Waals surface area contributed by atoms with Crippen LogP contribution in [-0.2, 0) is 63.2 Å². The molecule has 0 radical (unpaired) electrons. The van der Waals surface area contributed by atoms with Crippen molar-refractivity contribution in [2.24, 2.45) is 0 Å². The summed E-state index contributed by atoms with van der Waals surface area (Å²) in [4.78, 5) is 0. The maximum Gasteiger partial charge on any atom is 0.471 e. The second-order valence-electron chi connectivity index (χ2n) is 23.1. The van der Waals surface area contributed by atoms with Crippen LogP contribution < -0.4 is 18.1 Å². The lowest BCUT2D eigenvalue weighted by atomic mass is 9.74. The topological polar surface area (TPSA) is 83.1 Å². The van der Waals surface area contributed by atoms with Gasteiger partial charge in [-0.1, -0.05) is 178 Å². The summed E-state index contributed by atoms with van der Waals surface area (Å²) in [6, 6.07) is 25.4. The third-order valence-corrected chi connectivity index (χ3v) is 15.2. The quantitative estimate of drug-likeness (QED) is 0.0503. The van der Waals surface area contributed by atoms with Crippen LogP contribution in [0.2, 0.25) is 0 Å². The monoisotopic (exact) mass is 1000 g/mol. The minimum Gasteiger partial charge on any atom is -0.417 e. The molecule has 0 amide bonds. The summed E-state index contributed by atoms with van der Waals surface area (Å²) in [5, 5.41) is 0. The Balaban J connectivity index is 1.66. The van der Waals surface area contributed by atoms with E-state index in [4.69, 9.17) is 41.4 Å². The van der Waals surface area contributed by atoms with Crippen molar-refractivity contribution in [1.29, 1.82) is 0 Å². The fraction of sp³-hybridized carbons (Fsp3) is 0.593. The molecule has 0 saturated carbocycles. The predicted molar refractivity (Wildman–Crippen MR) is 291 cm³/mol. The molecule has 0 aromatic heterocycles. The molecule has 8 rings (SSSR count). The maximum atomic E-state index is 7.34. The molecular formula is C59H88O9P2. The second kappa shape index (κ2) is 25.6. The molecule has 0 fully saturated rings. The van der Waals surface area contributed by atoms with E-state index in [0.29, 0.717) is 64.0 Å². The molecule has 0 aliphatic carbocycles. The zero-order valence-electron chi connectivity index (χ0n) is 45.9. The first-order chi connectivity index (χ1) is 33.0. The maximum absolute atomic E-state index is 7.34. The zero-order chi connectivity index (χ0) is 51.3. The minimum absolute atomic E-state index is 0.263. The molecule has 0 saturated heterocycles. The Bertz CT molecular complexity index is 2090. The van der Waals surface area contributed by atoms with Crippen molar-refractivity contribution in [3.05, 3.63) is 117 Å². The number of benzene rings is 4. The molecule has 70 heavy (non-hydrogen) atoms. The van der Waals surface area contributed by atoms with Crippen LogP contribution in [0, 0.1) is 0 Å². The number of rotatable bonds is 24. The van der Waals surface area contributed by atoms with Gasteiger partial charge in [-0.05, 0) is 82.2 Å². The SMILES string of the molecule is CCCCOCCOCCc1c2ccc(c1CCOCCOCCCC)C(C)(C)c1ccc(cc1)OP(OP(Oc1c(C(C)(C)C)cccc1C(C)(C)C)Oc1c(C(C)(C)C)cccc1C(C)(C)C)O2. The van der Waals surface area contributed by atoms with Crippen LogP contribution in [0.1, 0.15) is 181 Å². The standard InChI is InChI=1S/C59H88O9P2/c1-17-19-35-60-39-41-62-37-33-45-46(34-38-63-42-40-61-36-20-18-2)52-32-31-47(45)59(15,16)43-27-29-44(30-28-43)64-69(65-52)68-70(66-53-48(55(3,4)5)23-21-24-49(53)56(6,7)8)67-54-50(57(9,10)11)25-22-26-51(54)58(12,13)14/h21-32H,17-20,33-42H2,1-16H3. The molecule has 9 nitrogen and oxygen atoms in total. The number of unbranched alkanes of at least 4 members (excludes halogenated alkanes) is 2. The third kappa shape index (κ3) is 16.1. The van der Waals surface area contributed by atoms with E-state index in [1.165, 1.54) is 5.56 Å². The Labute approximate surface area is 426 Å². The molecule has 4 bridgehead atoms. The molecule has 0 spiro atoms. The average Bonchev–Trinajstić information content (AvgIpc) is 3.27. The molecule has 1 unspecified atom stereocenters. The molecule has 1 atom stereocenters. The van der Waals surface area contributed by atoms with Gasteiger partial charge in [0.05, 0.1) is 39.6 Å². The van der Waals surface area contributed by atoms with Gasteiger partial charge in [-0.3, -0.25) is 0 Å². The van der Waals surface area contributed by atoms with E-state index in [-0.39, 0.29) is 27.1 Å². The Morgan fingerprint density at radius 1 is 0.486 bits per heavy atom. The number of ether oxygens (including phenoxy) is 4. The first kappa shape index (κ1) is 57.6. The average molecular weight is 1000 g/mol. The van der Waals surface area contributed by atoms with Gasteiger partial charge in [-0.25, -0.2) is 0 Å². The molecule has 4 aromatic carbocycles. The number of hydrogen-bond donors (Lipinski definition) is 0. The van der Waals surface area contributed by atoms with E-state index in [0.717, 1.165) is 89.3 Å². The van der Waals surface area contributed by atoms with Crippen molar-refractivity contribution in [2.75, 3.05) is 52.9 Å². The van der Waals surface area contributed by atoms with Gasteiger partial charge in [0.25, 0.3) is 0 Å². The highest BCUT2D eigenvalue weighted by molar-refractivity contribution is 7.56. The van der Waals surface area contributed by atoms with E-state index in [2.05, 4.69) is 171 Å². The molecule has 11 heteroatoms. The van der Waals surface area contributed by atoms with Crippen molar-refractivity contribution >= 4 is 17.2 Å². The van der Waals surface area contributed by atoms with Gasteiger partial charge in [0.1, 0.15) is 23.0 Å². The van der Waals surface area contributed by atoms with Gasteiger partial charge in [0, 0.05) is 46.4 Å². The van der Waals surface area contributed by atoms with Crippen molar-refractivity contribution in [2.45, 2.75) is 176 Å². The smallest absolute Gasteiger partial charge is 0.417 e. The third-order valence-electron chi connectivity index (χ3n) is 12.7. The first-order valence-electron chi connectivity index (χ1n) is 25.8. The lowest BCUT2D eigenvalue weighted by Crippen LogP contribution is -2.24. The Kier molecular flexibility index (Phi) is 21.1. The van der Waals surface area contributed by atoms with E-state index >= 15 is 0 Å². The van der Waals surface area contributed by atoms with E-state index in [1.807, 2.05) is 12.1 Å². The molecule has 4 aliphatic heterocycles. The summed E-state index contributed by atoms with van der Waals surface area (Å²) >= 11 is 0. The predicted octanol–water partition coefficient (Wildman–Crippen LogP) is 16.4. The zero-order valence-corrected chi connectivity index (χ0v) is 47.7. The highest BCUT2D eigenvalue weighted by Gasteiger charge is 2.38. The minimum atomic E-state index is -2.26. The highest BCUT2D eigenvalue weighted by Crippen LogP contribution is 2.59. The second-order valence-corrected chi connectivity index (χ2v) is 25.4. The molecule has 4 aliphatic rings. The lowest BCUT2D eigenvalue weighted by Gasteiger charge is -2.34. The van der Waals surface area contributed by atoms with E-state index < -0.39 is 17.2 Å². The van der Waals surface area contributed by atoms with Crippen LogP contribution >= 0.6 is 17.2 Å². The molecular weight excluding hydrogens is 915 g/mol. The lowest BCUT2D eigenvalue weighted by molar-refractivity contribution is 0.0465. The van der Waals surface area contributed by atoms with Crippen molar-refractivity contribution < 1.29 is 41.4 Å². The summed E-state index contributed by atoms with van der Waals surface area (Å²) in [6.45, 7) is 40.1. The molecule has 0 N–H and O–H groups in total. The molecule has 4 heterocycles. The van der Waals surface area contributed by atoms with Crippen LogP contribution in [0.5, 0.6) is 23.0 Å². The van der Waals surface area contributed by atoms with Gasteiger partial charge in [-0.2, -0.15) is 4.31 Å². The van der Waals surface area contributed by atoms with Gasteiger partial charge < -0.3 is 37.0 Å². The Morgan fingerprint density at radius 3 is 1.31 bits per heavy atom. The number of hydrogen-bond acceptors (Lipinski definition) is 9. The summed E-state index contributed by atoms with van der Waals surface area (Å²) in [7, 11) is -4.48. The van der Waals surface area contributed by atoms with E-state index in [1.54, 1.807) is 0 Å². The Morgan fingerprint density at radius 2 is 0.900 bits per heavy atom. The van der Waals surface area contributed by atoms with Crippen LogP contribution in [0.25, 0.3) is 0 Å². The molecule has 4 aromatic rings. The Hall–Kier alpha value is -3.26. The van der Waals surface area contributed by atoms with Crippen LogP contribution in [0.4, 0.5) is 0 Å². The summed E-state index contributed by atoms with van der Waals surface area (Å²) in [5.41, 5.74) is 7.37. The molecule has 388 valence electrons. The van der Waals surface area contributed by atoms with Gasteiger partial charge >= 0.3 is 17.2 Å². The van der Waals surface area contributed by atoms with Crippen LogP contribution in [0.15, 0.2) is 72.8 Å². The fourth-order valence-corrected chi connectivity index (χ4v) is 10.9. The van der Waals surface area contributed by atoms with Crippen LogP contribution in [-0.4, -0.2) is 52.9 Å². The highest BCUT2D eigenvalue weighted by atomic mass is 31.2. The van der Waals surface area contributed by atoms with Crippen LogP contribution in [0.3, 0.4) is 0 Å². The van der Waals surface area contributed by atoms with Crippen molar-refractivity contribution in [3.8, 4) is 23.0 Å². The van der Waals surface area contributed by atoms with Gasteiger partial charge in [-0.15, -0.1) is 0 Å². The van der Waals surface area contributed by atoms with Crippen molar-refractivity contribution in [3.63, 3.8) is 0 Å². The normalized spacial score (nSPS) is 15.1. The first-order valence-corrected chi connectivity index (χ1v) is 28.0. The fourth-order valence-electron chi connectivity index (χ4n) is 8.58.